The third-order valence-electron chi connectivity index (χ3n) is 2.34. The van der Waals surface area contributed by atoms with E-state index in [4.69, 9.17) is 0 Å². The first-order valence-electron chi connectivity index (χ1n) is 4.72. The van der Waals surface area contributed by atoms with Crippen LogP contribution < -0.4 is 0 Å². The Hall–Kier alpha value is 0.480. The molecule has 0 spiro atoms. The number of hydrogen-bond donors (Lipinski definition) is 0. The maximum atomic E-state index is 3.62. The van der Waals surface area contributed by atoms with Crippen LogP contribution in [0.2, 0.25) is 0 Å². The second kappa shape index (κ2) is 6.05. The molecule has 68 valence electrons. The minimum atomic E-state index is 0.668. The summed E-state index contributed by atoms with van der Waals surface area (Å²) in [6.07, 6.45) is 4.06. The third-order valence-corrected chi connectivity index (χ3v) is 3.24. The van der Waals surface area contributed by atoms with E-state index in [9.17, 15) is 0 Å². The Morgan fingerprint density at radius 1 is 1.18 bits per heavy atom. The molecule has 11 heavy (non-hydrogen) atoms. The molecule has 0 aliphatic heterocycles. The minimum absolute atomic E-state index is 0.668. The molecule has 0 amide bonds. The predicted molar refractivity (Wildman–Crippen MR) is 56.2 cm³/mol. The van der Waals surface area contributed by atoms with Crippen LogP contribution in [0.4, 0.5) is 0 Å². The average molecular weight is 221 g/mol. The lowest BCUT2D eigenvalue weighted by atomic mass is 9.92. The summed E-state index contributed by atoms with van der Waals surface area (Å²) in [5, 5.41) is 0. The Morgan fingerprint density at radius 3 is 2.09 bits per heavy atom. The van der Waals surface area contributed by atoms with Gasteiger partial charge >= 0.3 is 0 Å². The van der Waals surface area contributed by atoms with Gasteiger partial charge in [-0.3, -0.25) is 0 Å². The van der Waals surface area contributed by atoms with E-state index >= 15 is 0 Å². The first kappa shape index (κ1) is 11.5. The third kappa shape index (κ3) is 5.72. The Balaban J connectivity index is 3.48. The van der Waals surface area contributed by atoms with Gasteiger partial charge in [-0.15, -0.1) is 0 Å². The summed E-state index contributed by atoms with van der Waals surface area (Å²) in [4.78, 5) is 0.668. The molecule has 0 rings (SSSR count). The molecule has 0 bridgehead atoms. The maximum absolute atomic E-state index is 3.62. The van der Waals surface area contributed by atoms with Crippen LogP contribution in [-0.4, -0.2) is 4.83 Å². The van der Waals surface area contributed by atoms with Crippen molar-refractivity contribution in [2.75, 3.05) is 0 Å². The number of halogens is 1. The van der Waals surface area contributed by atoms with Gasteiger partial charge in [0.05, 0.1) is 0 Å². The highest BCUT2D eigenvalue weighted by molar-refractivity contribution is 9.09. The minimum Gasteiger partial charge on any atom is -0.0891 e. The van der Waals surface area contributed by atoms with Crippen molar-refractivity contribution in [2.45, 2.75) is 51.8 Å². The van der Waals surface area contributed by atoms with Gasteiger partial charge in [0.2, 0.25) is 0 Å². The molecular weight excluding hydrogens is 200 g/mol. The highest BCUT2D eigenvalue weighted by atomic mass is 79.9. The largest absolute Gasteiger partial charge is 0.0891 e. The van der Waals surface area contributed by atoms with Crippen molar-refractivity contribution in [2.24, 2.45) is 11.8 Å². The smallest absolute Gasteiger partial charge is 0.0143 e. The fourth-order valence-corrected chi connectivity index (χ4v) is 1.65. The molecule has 0 radical (unpaired) electrons. The Labute approximate surface area is 79.9 Å². The molecule has 0 aromatic heterocycles. The molecule has 0 heterocycles. The van der Waals surface area contributed by atoms with Gasteiger partial charge in [-0.1, -0.05) is 56.5 Å². The lowest BCUT2D eigenvalue weighted by Crippen LogP contribution is -2.10. The van der Waals surface area contributed by atoms with E-state index in [1.807, 2.05) is 0 Å². The van der Waals surface area contributed by atoms with Gasteiger partial charge in [0, 0.05) is 4.83 Å². The summed E-state index contributed by atoms with van der Waals surface area (Å²) < 4.78 is 0. The summed E-state index contributed by atoms with van der Waals surface area (Å²) in [6.45, 7) is 9.18. The lowest BCUT2D eigenvalue weighted by molar-refractivity contribution is 0.392. The van der Waals surface area contributed by atoms with Crippen molar-refractivity contribution in [1.29, 1.82) is 0 Å². The van der Waals surface area contributed by atoms with Crippen molar-refractivity contribution in [3.05, 3.63) is 0 Å². The zero-order chi connectivity index (χ0) is 8.85. The highest BCUT2D eigenvalue weighted by Crippen LogP contribution is 2.22. The number of hydrogen-bond acceptors (Lipinski definition) is 0. The molecule has 0 nitrogen and oxygen atoms in total. The van der Waals surface area contributed by atoms with Gasteiger partial charge in [-0.25, -0.2) is 0 Å². The quantitative estimate of drug-likeness (QED) is 0.609. The molecule has 0 saturated carbocycles. The second-order valence-electron chi connectivity index (χ2n) is 3.78. The summed E-state index contributed by atoms with van der Waals surface area (Å²) in [7, 11) is 0. The Bertz CT molecular complexity index is 88.9. The second-order valence-corrected chi connectivity index (χ2v) is 5.23. The Morgan fingerprint density at radius 2 is 1.73 bits per heavy atom. The maximum Gasteiger partial charge on any atom is 0.0143 e. The predicted octanol–water partition coefficient (Wildman–Crippen LogP) is 4.23. The van der Waals surface area contributed by atoms with Gasteiger partial charge in [-0.05, 0) is 18.3 Å². The van der Waals surface area contributed by atoms with Gasteiger partial charge in [-0.2, -0.15) is 0 Å². The fraction of sp³-hybridized carbons (Fsp3) is 1.00. The topological polar surface area (TPSA) is 0 Å². The van der Waals surface area contributed by atoms with Gasteiger partial charge < -0.3 is 0 Å². The standard InChI is InChI=1S/C10H21Br/c1-5-6-8(2)7-9(3)10(4)11/h8-10H,5-7H2,1-4H3. The molecule has 1 heteroatoms. The highest BCUT2D eigenvalue weighted by Gasteiger charge is 2.11. The summed E-state index contributed by atoms with van der Waals surface area (Å²) >= 11 is 3.62. The normalized spacial score (nSPS) is 19.4. The van der Waals surface area contributed by atoms with Crippen LogP contribution in [0, 0.1) is 11.8 Å². The molecule has 3 unspecified atom stereocenters. The van der Waals surface area contributed by atoms with Gasteiger partial charge in [0.1, 0.15) is 0 Å². The zero-order valence-corrected chi connectivity index (χ0v) is 9.82. The van der Waals surface area contributed by atoms with Crippen LogP contribution in [0.1, 0.15) is 47.0 Å². The molecule has 3 atom stereocenters. The molecule has 0 fully saturated rings. The van der Waals surface area contributed by atoms with Crippen molar-refractivity contribution in [3.8, 4) is 0 Å². The molecule has 0 aliphatic rings. The van der Waals surface area contributed by atoms with Crippen LogP contribution in [0.25, 0.3) is 0 Å². The van der Waals surface area contributed by atoms with E-state index in [1.54, 1.807) is 0 Å². The molecular formula is C10H21Br. The monoisotopic (exact) mass is 220 g/mol. The summed E-state index contributed by atoms with van der Waals surface area (Å²) in [5.74, 6) is 1.71. The molecule has 0 saturated heterocycles. The van der Waals surface area contributed by atoms with Crippen LogP contribution >= 0.6 is 15.9 Å². The van der Waals surface area contributed by atoms with Gasteiger partial charge in [0.15, 0.2) is 0 Å². The molecule has 0 N–H and O–H groups in total. The number of alkyl halides is 1. The van der Waals surface area contributed by atoms with Crippen LogP contribution in [-0.2, 0) is 0 Å². The van der Waals surface area contributed by atoms with Gasteiger partial charge in [0.25, 0.3) is 0 Å². The summed E-state index contributed by atoms with van der Waals surface area (Å²) in [5.41, 5.74) is 0. The SMILES string of the molecule is CCCC(C)CC(C)C(C)Br. The van der Waals surface area contributed by atoms with Crippen molar-refractivity contribution in [3.63, 3.8) is 0 Å². The van der Waals surface area contributed by atoms with E-state index in [0.29, 0.717) is 4.83 Å². The molecule has 0 aliphatic carbocycles. The fourth-order valence-electron chi connectivity index (χ4n) is 1.43. The average Bonchev–Trinajstić information content (AvgIpc) is 1.87. The lowest BCUT2D eigenvalue weighted by Gasteiger charge is -2.18. The first-order chi connectivity index (χ1) is 5.07. The molecule has 0 aromatic rings. The first-order valence-corrected chi connectivity index (χ1v) is 5.63. The Kier molecular flexibility index (Phi) is 6.31. The van der Waals surface area contributed by atoms with E-state index < -0.39 is 0 Å². The van der Waals surface area contributed by atoms with E-state index in [0.717, 1.165) is 11.8 Å². The van der Waals surface area contributed by atoms with Crippen LogP contribution in [0.5, 0.6) is 0 Å². The van der Waals surface area contributed by atoms with E-state index in [2.05, 4.69) is 43.6 Å². The summed E-state index contributed by atoms with van der Waals surface area (Å²) in [6, 6.07) is 0. The van der Waals surface area contributed by atoms with Crippen molar-refractivity contribution in [1.82, 2.24) is 0 Å². The van der Waals surface area contributed by atoms with Crippen molar-refractivity contribution >= 4 is 15.9 Å². The van der Waals surface area contributed by atoms with Crippen molar-refractivity contribution < 1.29 is 0 Å². The van der Waals surface area contributed by atoms with E-state index in [-0.39, 0.29) is 0 Å². The van der Waals surface area contributed by atoms with Crippen LogP contribution in [0.3, 0.4) is 0 Å². The van der Waals surface area contributed by atoms with E-state index in [1.165, 1.54) is 19.3 Å². The van der Waals surface area contributed by atoms with Crippen LogP contribution in [0.15, 0.2) is 0 Å². The number of rotatable bonds is 5. The molecule has 0 aromatic carbocycles. The zero-order valence-electron chi connectivity index (χ0n) is 8.23.